The normalized spacial score (nSPS) is 13.0. The molecule has 0 aliphatic heterocycles. The second-order valence-electron chi connectivity index (χ2n) is 7.23. The first-order chi connectivity index (χ1) is 11.3. The monoisotopic (exact) mass is 388 g/mol. The van der Waals surface area contributed by atoms with Crippen LogP contribution in [0.5, 0.6) is 0 Å². The molecule has 0 bridgehead atoms. The Bertz CT molecular complexity index is 372. The van der Waals surface area contributed by atoms with Crippen LogP contribution < -0.4 is 0 Å². The number of hydrogen-bond donors (Lipinski definition) is 1. The van der Waals surface area contributed by atoms with E-state index in [1.54, 1.807) is 0 Å². The van der Waals surface area contributed by atoms with E-state index in [1.165, 1.54) is 64.2 Å². The summed E-state index contributed by atoms with van der Waals surface area (Å²) in [5, 5.41) is 0. The summed E-state index contributed by atoms with van der Waals surface area (Å²) in [5.41, 5.74) is 0. The average Bonchev–Trinajstić information content (AvgIpc) is 2.46. The first-order valence-corrected chi connectivity index (χ1v) is 11.6. The van der Waals surface area contributed by atoms with Gasteiger partial charge in [-0.15, -0.1) is 0 Å². The summed E-state index contributed by atoms with van der Waals surface area (Å²) in [6, 6.07) is 0. The van der Waals surface area contributed by atoms with Crippen molar-refractivity contribution in [3.05, 3.63) is 0 Å². The van der Waals surface area contributed by atoms with Gasteiger partial charge in [-0.2, -0.15) is 8.42 Å². The second-order valence-corrected chi connectivity index (χ2v) is 8.73. The van der Waals surface area contributed by atoms with E-state index < -0.39 is 10.1 Å². The third kappa shape index (κ3) is 22.8. The van der Waals surface area contributed by atoms with Crippen LogP contribution in [0, 0.1) is 0 Å². The molecule has 148 valence electrons. The molecule has 25 heavy (non-hydrogen) atoms. The van der Waals surface area contributed by atoms with Crippen molar-refractivity contribution in [1.82, 2.24) is 0 Å². The van der Waals surface area contributed by atoms with Gasteiger partial charge in [0.15, 0.2) is 0 Å². The maximum absolute atomic E-state index is 11.0. The van der Waals surface area contributed by atoms with Gasteiger partial charge in [0.25, 0.3) is 10.1 Å². The van der Waals surface area contributed by atoms with E-state index in [2.05, 4.69) is 6.92 Å². The van der Waals surface area contributed by atoms with Crippen molar-refractivity contribution in [3.8, 4) is 0 Å². The molecule has 1 atom stereocenters. The predicted molar refractivity (Wildman–Crippen MR) is 109 cm³/mol. The van der Waals surface area contributed by atoms with Gasteiger partial charge in [-0.1, -0.05) is 84.0 Å². The van der Waals surface area contributed by atoms with E-state index in [0.717, 1.165) is 12.8 Å². The molecular formula is C19H41NaO4S. The first kappa shape index (κ1) is 28.1. The van der Waals surface area contributed by atoms with Gasteiger partial charge in [0.05, 0.1) is 12.2 Å². The van der Waals surface area contributed by atoms with Crippen molar-refractivity contribution < 1.29 is 17.7 Å². The van der Waals surface area contributed by atoms with Crippen molar-refractivity contribution in [2.45, 2.75) is 116 Å². The molecule has 0 amide bonds. The Labute approximate surface area is 178 Å². The van der Waals surface area contributed by atoms with Gasteiger partial charge in [0.1, 0.15) is 5.75 Å². The van der Waals surface area contributed by atoms with E-state index in [-0.39, 0.29) is 47.5 Å². The van der Waals surface area contributed by atoms with Crippen LogP contribution in [-0.2, 0) is 14.9 Å². The van der Waals surface area contributed by atoms with Crippen molar-refractivity contribution in [3.63, 3.8) is 0 Å². The molecule has 0 saturated heterocycles. The minimum atomic E-state index is -3.96. The van der Waals surface area contributed by atoms with E-state index in [1.807, 2.05) is 13.8 Å². The first-order valence-electron chi connectivity index (χ1n) is 9.95. The number of unbranched alkanes of at least 4 members (excludes halogenated alkanes) is 11. The van der Waals surface area contributed by atoms with Crippen molar-refractivity contribution in [2.24, 2.45) is 0 Å². The molecule has 0 aliphatic carbocycles. The van der Waals surface area contributed by atoms with Crippen LogP contribution in [-0.4, -0.2) is 60.5 Å². The molecule has 0 aromatic heterocycles. The fourth-order valence-electron chi connectivity index (χ4n) is 3.02. The molecule has 1 unspecified atom stereocenters. The van der Waals surface area contributed by atoms with Gasteiger partial charge in [-0.3, -0.25) is 4.55 Å². The van der Waals surface area contributed by atoms with E-state index in [4.69, 9.17) is 9.29 Å². The van der Waals surface area contributed by atoms with Crippen LogP contribution in [0.4, 0.5) is 0 Å². The molecule has 0 saturated carbocycles. The van der Waals surface area contributed by atoms with Gasteiger partial charge >= 0.3 is 29.6 Å². The summed E-state index contributed by atoms with van der Waals surface area (Å²) in [5.74, 6) is -0.288. The number of ether oxygens (including phenoxy) is 1. The standard InChI is InChI=1S/C19H40O4S.Na.H/c1-4-5-6-7-8-9-10-11-12-13-14-15-16-19(23-18(2)3)17-24(20,21)22;;/h18-19H,4-17H2,1-3H3,(H,20,21,22);;. The van der Waals surface area contributed by atoms with Gasteiger partial charge in [-0.05, 0) is 20.3 Å². The van der Waals surface area contributed by atoms with Gasteiger partial charge < -0.3 is 4.74 Å². The summed E-state index contributed by atoms with van der Waals surface area (Å²) >= 11 is 0. The van der Waals surface area contributed by atoms with Gasteiger partial charge in [0.2, 0.25) is 0 Å². The summed E-state index contributed by atoms with van der Waals surface area (Å²) in [6.45, 7) is 6.03. The number of hydrogen-bond acceptors (Lipinski definition) is 3. The summed E-state index contributed by atoms with van der Waals surface area (Å²) in [6.07, 6.45) is 15.7. The fourth-order valence-corrected chi connectivity index (χ4v) is 3.74. The van der Waals surface area contributed by atoms with Crippen LogP contribution in [0.25, 0.3) is 0 Å². The Morgan fingerprint density at radius 1 is 0.800 bits per heavy atom. The zero-order valence-electron chi connectivity index (χ0n) is 16.1. The molecular weight excluding hydrogens is 347 g/mol. The average molecular weight is 389 g/mol. The molecule has 0 rings (SSSR count). The van der Waals surface area contributed by atoms with E-state index in [0.29, 0.717) is 6.42 Å². The second kappa shape index (κ2) is 18.2. The van der Waals surface area contributed by atoms with Crippen molar-refractivity contribution in [2.75, 3.05) is 5.75 Å². The molecule has 4 nitrogen and oxygen atoms in total. The van der Waals surface area contributed by atoms with Crippen molar-refractivity contribution in [1.29, 1.82) is 0 Å². The Kier molecular flexibility index (Phi) is 20.5. The third-order valence-electron chi connectivity index (χ3n) is 4.24. The number of rotatable bonds is 17. The summed E-state index contributed by atoms with van der Waals surface area (Å²) < 4.78 is 36.6. The van der Waals surface area contributed by atoms with Crippen LogP contribution in [0.3, 0.4) is 0 Å². The third-order valence-corrected chi connectivity index (χ3v) is 5.03. The van der Waals surface area contributed by atoms with Gasteiger partial charge in [0, 0.05) is 0 Å². The molecule has 0 fully saturated rings. The van der Waals surface area contributed by atoms with Crippen LogP contribution in [0.2, 0.25) is 0 Å². The maximum atomic E-state index is 11.0. The molecule has 0 heterocycles. The predicted octanol–water partition coefficient (Wildman–Crippen LogP) is 5.11. The van der Waals surface area contributed by atoms with Gasteiger partial charge in [-0.25, -0.2) is 0 Å². The summed E-state index contributed by atoms with van der Waals surface area (Å²) in [7, 11) is -3.96. The Balaban J connectivity index is 0. The summed E-state index contributed by atoms with van der Waals surface area (Å²) in [4.78, 5) is 0. The zero-order valence-corrected chi connectivity index (χ0v) is 17.0. The molecule has 0 aromatic carbocycles. The van der Waals surface area contributed by atoms with Crippen LogP contribution >= 0.6 is 0 Å². The van der Waals surface area contributed by atoms with Crippen molar-refractivity contribution >= 4 is 39.7 Å². The molecule has 0 aliphatic rings. The Hall–Kier alpha value is 0.870. The van der Waals surface area contributed by atoms with E-state index >= 15 is 0 Å². The minimum absolute atomic E-state index is 0. The van der Waals surface area contributed by atoms with Crippen LogP contribution in [0.15, 0.2) is 0 Å². The SMILES string of the molecule is CCCCCCCCCCCCCCC(CS(=O)(=O)O)OC(C)C.[NaH]. The Morgan fingerprint density at radius 3 is 1.56 bits per heavy atom. The molecule has 1 N–H and O–H groups in total. The topological polar surface area (TPSA) is 63.6 Å². The zero-order chi connectivity index (χ0) is 18.3. The molecule has 6 heteroatoms. The van der Waals surface area contributed by atoms with Crippen LogP contribution in [0.1, 0.15) is 104 Å². The fraction of sp³-hybridized carbons (Fsp3) is 1.00. The van der Waals surface area contributed by atoms with E-state index in [9.17, 15) is 8.42 Å². The molecule has 0 radical (unpaired) electrons. The Morgan fingerprint density at radius 2 is 1.20 bits per heavy atom. The molecule has 0 spiro atoms. The quantitative estimate of drug-likeness (QED) is 0.214. The molecule has 0 aromatic rings.